The average molecular weight is 269 g/mol. The number of rotatable bonds is 4. The zero-order valence-electron chi connectivity index (χ0n) is 11.5. The summed E-state index contributed by atoms with van der Waals surface area (Å²) in [4.78, 5) is 5.77. The maximum Gasteiger partial charge on any atom is 0.168 e. The lowest BCUT2D eigenvalue weighted by atomic mass is 9.90. The molecular weight excluding hydrogens is 248 g/mol. The lowest BCUT2D eigenvalue weighted by Crippen LogP contribution is -2.42. The van der Waals surface area contributed by atoms with E-state index in [1.54, 1.807) is 0 Å². The van der Waals surface area contributed by atoms with Crippen molar-refractivity contribution in [3.63, 3.8) is 0 Å². The van der Waals surface area contributed by atoms with Crippen LogP contribution in [0.4, 0.5) is 14.6 Å². The van der Waals surface area contributed by atoms with Crippen molar-refractivity contribution < 1.29 is 8.78 Å². The van der Waals surface area contributed by atoms with Gasteiger partial charge in [0.05, 0.1) is 6.20 Å². The van der Waals surface area contributed by atoms with E-state index < -0.39 is 11.6 Å². The molecule has 1 aromatic heterocycles. The second-order valence-corrected chi connectivity index (χ2v) is 5.13. The highest BCUT2D eigenvalue weighted by Gasteiger charge is 2.25. The van der Waals surface area contributed by atoms with Crippen molar-refractivity contribution in [3.05, 3.63) is 23.9 Å². The molecule has 1 unspecified atom stereocenters. The monoisotopic (exact) mass is 269 g/mol. The largest absolute Gasteiger partial charge is 0.354 e. The van der Waals surface area contributed by atoms with E-state index in [9.17, 15) is 8.78 Å². The molecule has 0 saturated carbocycles. The van der Waals surface area contributed by atoms with E-state index >= 15 is 0 Å². The maximum atomic E-state index is 13.7. The Hall–Kier alpha value is -1.23. The van der Waals surface area contributed by atoms with Crippen molar-refractivity contribution in [3.8, 4) is 0 Å². The molecule has 2 heterocycles. The molecule has 0 aromatic carbocycles. The first-order chi connectivity index (χ1) is 9.11. The van der Waals surface area contributed by atoms with Gasteiger partial charge in [0, 0.05) is 25.2 Å². The highest BCUT2D eigenvalue weighted by Crippen LogP contribution is 2.25. The van der Waals surface area contributed by atoms with Crippen LogP contribution in [-0.2, 0) is 0 Å². The predicted octanol–water partition coefficient (Wildman–Crippen LogP) is 2.57. The van der Waals surface area contributed by atoms with E-state index in [1.165, 1.54) is 0 Å². The number of piperidine rings is 1. The molecule has 1 aliphatic heterocycles. The zero-order valence-corrected chi connectivity index (χ0v) is 11.5. The molecule has 0 spiro atoms. The number of nitrogens with zero attached hydrogens (tertiary/aromatic N) is 2. The van der Waals surface area contributed by atoms with Gasteiger partial charge in [0.2, 0.25) is 0 Å². The van der Waals surface area contributed by atoms with E-state index in [0.29, 0.717) is 12.0 Å². The van der Waals surface area contributed by atoms with Crippen molar-refractivity contribution in [1.29, 1.82) is 0 Å². The second-order valence-electron chi connectivity index (χ2n) is 5.13. The van der Waals surface area contributed by atoms with Crippen LogP contribution in [-0.4, -0.2) is 30.7 Å². The van der Waals surface area contributed by atoms with E-state index in [0.717, 1.165) is 44.7 Å². The summed E-state index contributed by atoms with van der Waals surface area (Å²) in [6.45, 7) is 6.81. The van der Waals surface area contributed by atoms with Crippen LogP contribution in [0.3, 0.4) is 0 Å². The Morgan fingerprint density at radius 2 is 2.11 bits per heavy atom. The molecule has 0 radical (unpaired) electrons. The molecule has 0 aliphatic carbocycles. The Labute approximate surface area is 113 Å². The number of anilines is 1. The number of halogens is 2. The Balaban J connectivity index is 1.96. The highest BCUT2D eigenvalue weighted by molar-refractivity contribution is 5.40. The first-order valence-corrected chi connectivity index (χ1v) is 6.91. The molecule has 1 saturated heterocycles. The lowest BCUT2D eigenvalue weighted by Gasteiger charge is -2.35. The summed E-state index contributed by atoms with van der Waals surface area (Å²) in [6, 6.07) is 1.38. The van der Waals surface area contributed by atoms with Crippen molar-refractivity contribution in [2.75, 3.05) is 24.5 Å². The Morgan fingerprint density at radius 3 is 2.68 bits per heavy atom. The molecule has 5 heteroatoms. The molecule has 1 aliphatic rings. The summed E-state index contributed by atoms with van der Waals surface area (Å²) in [5, 5.41) is 3.43. The number of hydrogen-bond donors (Lipinski definition) is 1. The molecule has 19 heavy (non-hydrogen) atoms. The van der Waals surface area contributed by atoms with Crippen molar-refractivity contribution >= 4 is 5.82 Å². The molecule has 1 aromatic rings. The smallest absolute Gasteiger partial charge is 0.168 e. The molecule has 106 valence electrons. The summed E-state index contributed by atoms with van der Waals surface area (Å²) in [6.07, 6.45) is 3.09. The van der Waals surface area contributed by atoms with E-state index in [1.807, 2.05) is 4.90 Å². The Kier molecular flexibility index (Phi) is 4.69. The van der Waals surface area contributed by atoms with Gasteiger partial charge in [-0.2, -0.15) is 0 Å². The maximum absolute atomic E-state index is 13.7. The summed E-state index contributed by atoms with van der Waals surface area (Å²) in [5.74, 6) is -0.314. The fourth-order valence-electron chi connectivity index (χ4n) is 2.74. The van der Waals surface area contributed by atoms with Crippen molar-refractivity contribution in [2.24, 2.45) is 5.92 Å². The molecule has 0 bridgehead atoms. The van der Waals surface area contributed by atoms with Crippen LogP contribution in [0.5, 0.6) is 0 Å². The minimum atomic E-state index is -0.628. The van der Waals surface area contributed by atoms with Gasteiger partial charge >= 0.3 is 0 Å². The molecule has 2 rings (SSSR count). The molecule has 1 fully saturated rings. The zero-order chi connectivity index (χ0) is 13.8. The van der Waals surface area contributed by atoms with Crippen molar-refractivity contribution in [2.45, 2.75) is 32.7 Å². The summed E-state index contributed by atoms with van der Waals surface area (Å²) in [5.41, 5.74) is 0. The molecule has 1 N–H and O–H groups in total. The third-order valence-electron chi connectivity index (χ3n) is 3.86. The first-order valence-electron chi connectivity index (χ1n) is 6.91. The Morgan fingerprint density at radius 1 is 1.42 bits per heavy atom. The van der Waals surface area contributed by atoms with Crippen LogP contribution in [0.15, 0.2) is 12.3 Å². The minimum absolute atomic E-state index is 0.274. The van der Waals surface area contributed by atoms with Gasteiger partial charge in [-0.25, -0.2) is 13.8 Å². The number of aromatic nitrogens is 1. The summed E-state index contributed by atoms with van der Waals surface area (Å²) < 4.78 is 26.5. The third-order valence-corrected chi connectivity index (χ3v) is 3.86. The third kappa shape index (κ3) is 3.41. The highest BCUT2D eigenvalue weighted by atomic mass is 19.1. The van der Waals surface area contributed by atoms with Crippen LogP contribution in [0.1, 0.15) is 26.7 Å². The molecule has 1 atom stereocenters. The van der Waals surface area contributed by atoms with Crippen LogP contribution < -0.4 is 10.2 Å². The van der Waals surface area contributed by atoms with Crippen LogP contribution in [0.2, 0.25) is 0 Å². The topological polar surface area (TPSA) is 28.2 Å². The van der Waals surface area contributed by atoms with Gasteiger partial charge in [-0.15, -0.1) is 0 Å². The molecular formula is C14H21F2N3. The minimum Gasteiger partial charge on any atom is -0.354 e. The Bertz CT molecular complexity index is 417. The van der Waals surface area contributed by atoms with Gasteiger partial charge in [-0.3, -0.25) is 0 Å². The van der Waals surface area contributed by atoms with Crippen LogP contribution in [0.25, 0.3) is 0 Å². The molecule has 0 amide bonds. The van der Waals surface area contributed by atoms with E-state index in [4.69, 9.17) is 0 Å². The van der Waals surface area contributed by atoms with Gasteiger partial charge in [-0.05, 0) is 32.2 Å². The fourth-order valence-corrected chi connectivity index (χ4v) is 2.74. The number of hydrogen-bond acceptors (Lipinski definition) is 3. The first kappa shape index (κ1) is 14.2. The number of pyridine rings is 1. The van der Waals surface area contributed by atoms with Gasteiger partial charge < -0.3 is 10.2 Å². The lowest BCUT2D eigenvalue weighted by molar-refractivity contribution is 0.313. The van der Waals surface area contributed by atoms with Crippen LogP contribution >= 0.6 is 0 Å². The van der Waals surface area contributed by atoms with Crippen molar-refractivity contribution in [1.82, 2.24) is 10.3 Å². The SMILES string of the molecule is CCNC(C)C1CCN(c2ncc(F)cc2F)CC1. The van der Waals surface area contributed by atoms with Gasteiger partial charge in [0.25, 0.3) is 0 Å². The summed E-state index contributed by atoms with van der Waals surface area (Å²) in [7, 11) is 0. The van der Waals surface area contributed by atoms with Gasteiger partial charge in [0.15, 0.2) is 11.6 Å². The van der Waals surface area contributed by atoms with Gasteiger partial charge in [-0.1, -0.05) is 6.92 Å². The quantitative estimate of drug-likeness (QED) is 0.910. The second kappa shape index (κ2) is 6.28. The standard InChI is InChI=1S/C14H21F2N3/c1-3-17-10(2)11-4-6-19(7-5-11)14-13(16)8-12(15)9-18-14/h8-11,17H,3-7H2,1-2H3. The van der Waals surface area contributed by atoms with E-state index in [2.05, 4.69) is 24.1 Å². The average Bonchev–Trinajstić information content (AvgIpc) is 2.39. The van der Waals surface area contributed by atoms with Crippen LogP contribution in [0, 0.1) is 17.6 Å². The number of nitrogens with one attached hydrogen (secondary N) is 1. The normalized spacial score (nSPS) is 18.6. The fraction of sp³-hybridized carbons (Fsp3) is 0.643. The van der Waals surface area contributed by atoms with E-state index in [-0.39, 0.29) is 5.82 Å². The predicted molar refractivity (Wildman–Crippen MR) is 72.2 cm³/mol. The molecule has 3 nitrogen and oxygen atoms in total. The van der Waals surface area contributed by atoms with Gasteiger partial charge in [0.1, 0.15) is 5.82 Å². The summed E-state index contributed by atoms with van der Waals surface area (Å²) >= 11 is 0.